The van der Waals surface area contributed by atoms with Crippen LogP contribution >= 0.6 is 0 Å². The van der Waals surface area contributed by atoms with Gasteiger partial charge in [0.15, 0.2) is 5.82 Å². The van der Waals surface area contributed by atoms with Crippen LogP contribution in [0.25, 0.3) is 116 Å². The summed E-state index contributed by atoms with van der Waals surface area (Å²) < 4.78 is 8.52. The summed E-state index contributed by atoms with van der Waals surface area (Å²) in [4.78, 5) is 10.1. The van der Waals surface area contributed by atoms with Crippen molar-refractivity contribution < 1.29 is 4.42 Å². The normalized spacial score (nSPS) is 11.7. The predicted molar refractivity (Wildman–Crippen MR) is 248 cm³/mol. The maximum absolute atomic E-state index is 6.16. The van der Waals surface area contributed by atoms with Crippen molar-refractivity contribution in [2.75, 3.05) is 0 Å². The molecule has 0 aliphatic heterocycles. The van der Waals surface area contributed by atoms with E-state index in [0.717, 1.165) is 66.7 Å². The number of aromatic nitrogens is 3. The molecule has 0 aliphatic rings. The van der Waals surface area contributed by atoms with Crippen LogP contribution in [0.3, 0.4) is 0 Å². The Hall–Kier alpha value is -8.08. The molecule has 0 amide bonds. The molecule has 60 heavy (non-hydrogen) atoms. The molecule has 0 bridgehead atoms. The van der Waals surface area contributed by atoms with Crippen molar-refractivity contribution in [2.24, 2.45) is 0 Å². The molecule has 0 unspecified atom stereocenters. The quantitative estimate of drug-likeness (QED) is 0.169. The lowest BCUT2D eigenvalue weighted by Crippen LogP contribution is -1.97. The number of hydrogen-bond donors (Lipinski definition) is 0. The number of nitrogens with zero attached hydrogens (tertiary/aromatic N) is 3. The van der Waals surface area contributed by atoms with Crippen LogP contribution in [0.4, 0.5) is 0 Å². The van der Waals surface area contributed by atoms with Gasteiger partial charge in [-0.15, -0.1) is 0 Å². The molecule has 0 spiro atoms. The van der Waals surface area contributed by atoms with Crippen molar-refractivity contribution in [1.82, 2.24) is 14.5 Å². The van der Waals surface area contributed by atoms with Gasteiger partial charge in [-0.25, -0.2) is 9.97 Å². The fourth-order valence-electron chi connectivity index (χ4n) is 8.98. The third-order valence-corrected chi connectivity index (χ3v) is 11.8. The third kappa shape index (κ3) is 5.61. The highest BCUT2D eigenvalue weighted by Gasteiger charge is 2.17. The first-order valence-electron chi connectivity index (χ1n) is 20.3. The average Bonchev–Trinajstić information content (AvgIpc) is 3.87. The van der Waals surface area contributed by atoms with Crippen molar-refractivity contribution in [3.63, 3.8) is 0 Å². The molecule has 280 valence electrons. The van der Waals surface area contributed by atoms with Gasteiger partial charge in [0.1, 0.15) is 11.2 Å². The minimum absolute atomic E-state index is 0.697. The van der Waals surface area contributed by atoms with Crippen LogP contribution < -0.4 is 0 Å². The van der Waals surface area contributed by atoms with Gasteiger partial charge in [0.25, 0.3) is 0 Å². The smallest absolute Gasteiger partial charge is 0.160 e. The summed E-state index contributed by atoms with van der Waals surface area (Å²) in [5, 5.41) is 7.14. The first kappa shape index (κ1) is 34.0. The molecule has 0 atom stereocenters. The summed E-state index contributed by atoms with van der Waals surface area (Å²) in [5.41, 5.74) is 14.9. The van der Waals surface area contributed by atoms with Gasteiger partial charge in [-0.1, -0.05) is 146 Å². The molecule has 0 aliphatic carbocycles. The van der Waals surface area contributed by atoms with Gasteiger partial charge in [0, 0.05) is 43.9 Å². The maximum Gasteiger partial charge on any atom is 0.160 e. The summed E-state index contributed by atoms with van der Waals surface area (Å²) >= 11 is 0. The second-order valence-corrected chi connectivity index (χ2v) is 15.3. The Morgan fingerprint density at radius 2 is 0.833 bits per heavy atom. The number of rotatable bonds is 6. The van der Waals surface area contributed by atoms with Crippen molar-refractivity contribution in [3.05, 3.63) is 212 Å². The molecule has 4 nitrogen and oxygen atoms in total. The van der Waals surface area contributed by atoms with Crippen LogP contribution in [-0.4, -0.2) is 14.5 Å². The second-order valence-electron chi connectivity index (χ2n) is 15.3. The van der Waals surface area contributed by atoms with E-state index in [4.69, 9.17) is 14.4 Å². The second kappa shape index (κ2) is 13.8. The van der Waals surface area contributed by atoms with E-state index >= 15 is 0 Å². The molecule has 0 saturated carbocycles. The van der Waals surface area contributed by atoms with E-state index in [2.05, 4.69) is 168 Å². The van der Waals surface area contributed by atoms with Crippen LogP contribution in [0.5, 0.6) is 0 Å². The zero-order valence-corrected chi connectivity index (χ0v) is 32.5. The Bertz CT molecular complexity index is 3530. The molecular formula is C56H35N3O. The summed E-state index contributed by atoms with van der Waals surface area (Å²) in [7, 11) is 0. The van der Waals surface area contributed by atoms with Gasteiger partial charge in [-0.05, 0) is 99.8 Å². The zero-order chi connectivity index (χ0) is 39.6. The van der Waals surface area contributed by atoms with E-state index in [1.165, 1.54) is 43.8 Å². The van der Waals surface area contributed by atoms with Crippen molar-refractivity contribution in [3.8, 4) is 61.8 Å². The van der Waals surface area contributed by atoms with E-state index in [1.807, 2.05) is 48.5 Å². The van der Waals surface area contributed by atoms with Crippen LogP contribution in [0, 0.1) is 0 Å². The number of hydrogen-bond acceptors (Lipinski definition) is 3. The Morgan fingerprint density at radius 1 is 0.317 bits per heavy atom. The minimum atomic E-state index is 0.697. The highest BCUT2D eigenvalue weighted by Crippen LogP contribution is 2.40. The van der Waals surface area contributed by atoms with Crippen LogP contribution in [0.15, 0.2) is 217 Å². The first-order chi connectivity index (χ1) is 29.7. The van der Waals surface area contributed by atoms with Crippen molar-refractivity contribution in [2.45, 2.75) is 0 Å². The molecule has 3 heterocycles. The average molecular weight is 766 g/mol. The third-order valence-electron chi connectivity index (χ3n) is 11.8. The number of furan rings is 1. The molecule has 0 radical (unpaired) electrons. The Labute approximate surface area is 346 Å². The van der Waals surface area contributed by atoms with Crippen LogP contribution in [-0.2, 0) is 0 Å². The summed E-state index contributed by atoms with van der Waals surface area (Å²) in [6.45, 7) is 0. The van der Waals surface area contributed by atoms with Crippen molar-refractivity contribution >= 4 is 54.5 Å². The molecule has 0 fully saturated rings. The van der Waals surface area contributed by atoms with Crippen LogP contribution in [0.1, 0.15) is 0 Å². The molecule has 12 rings (SSSR count). The molecule has 4 heteroatoms. The Kier molecular flexibility index (Phi) is 7.82. The van der Waals surface area contributed by atoms with E-state index in [1.54, 1.807) is 0 Å². The topological polar surface area (TPSA) is 43.9 Å². The van der Waals surface area contributed by atoms with Gasteiger partial charge < -0.3 is 8.98 Å². The highest BCUT2D eigenvalue weighted by atomic mass is 16.3. The lowest BCUT2D eigenvalue weighted by atomic mass is 9.92. The lowest BCUT2D eigenvalue weighted by molar-refractivity contribution is 0.669. The lowest BCUT2D eigenvalue weighted by Gasteiger charge is -2.13. The maximum atomic E-state index is 6.16. The summed E-state index contributed by atoms with van der Waals surface area (Å²) in [6, 6.07) is 75.1. The Morgan fingerprint density at radius 3 is 1.52 bits per heavy atom. The summed E-state index contributed by atoms with van der Waals surface area (Å²) in [5.74, 6) is 0.697. The highest BCUT2D eigenvalue weighted by molar-refractivity contribution is 6.13. The van der Waals surface area contributed by atoms with Crippen LogP contribution in [0.2, 0.25) is 0 Å². The van der Waals surface area contributed by atoms with E-state index in [-0.39, 0.29) is 0 Å². The summed E-state index contributed by atoms with van der Waals surface area (Å²) in [6.07, 6.45) is 0. The number of benzene rings is 9. The molecule has 3 aromatic heterocycles. The fourth-order valence-corrected chi connectivity index (χ4v) is 8.98. The Balaban J connectivity index is 0.947. The van der Waals surface area contributed by atoms with E-state index in [9.17, 15) is 0 Å². The van der Waals surface area contributed by atoms with Gasteiger partial charge in [-0.2, -0.15) is 0 Å². The monoisotopic (exact) mass is 765 g/mol. The molecule has 9 aromatic carbocycles. The van der Waals surface area contributed by atoms with Gasteiger partial charge in [-0.3, -0.25) is 0 Å². The standard InChI is InChI=1S/C56H35N3O/c1-3-13-36(14-4-1)50-35-51(37-15-5-2-6-16-37)58-56(57-50)38-25-29-41(30-26-38)59-52-23-9-7-17-46(52)48-33-39(27-31-53(48)59)42-19-11-22-45-43(20-12-21-44(42)45)40-28-32-55-49(34-40)47-18-8-10-24-54(47)60-55/h1-35H. The van der Waals surface area contributed by atoms with Gasteiger partial charge in [0.05, 0.1) is 22.4 Å². The molecular weight excluding hydrogens is 731 g/mol. The SMILES string of the molecule is c1ccc(-c2cc(-c3ccccc3)nc(-c3ccc(-n4c5ccccc5c5cc(-c6cccc7c(-c8ccc9oc%10ccccc%10c9c8)cccc67)ccc54)cc3)n2)cc1. The van der Waals surface area contributed by atoms with E-state index < -0.39 is 0 Å². The predicted octanol–water partition coefficient (Wildman–Crippen LogP) is 15.0. The number of para-hydroxylation sites is 2. The molecule has 0 saturated heterocycles. The first-order valence-corrected chi connectivity index (χ1v) is 20.3. The fraction of sp³-hybridized carbons (Fsp3) is 0. The molecule has 12 aromatic rings. The zero-order valence-electron chi connectivity index (χ0n) is 32.5. The van der Waals surface area contributed by atoms with Gasteiger partial charge in [0.2, 0.25) is 0 Å². The number of fused-ring (bicyclic) bond motifs is 7. The molecule has 0 N–H and O–H groups in total. The minimum Gasteiger partial charge on any atom is -0.456 e. The van der Waals surface area contributed by atoms with Crippen molar-refractivity contribution in [1.29, 1.82) is 0 Å². The largest absolute Gasteiger partial charge is 0.456 e. The van der Waals surface area contributed by atoms with E-state index in [0.29, 0.717) is 5.82 Å². The van der Waals surface area contributed by atoms with Gasteiger partial charge >= 0.3 is 0 Å².